The van der Waals surface area contributed by atoms with Gasteiger partial charge in [-0.15, -0.1) is 0 Å². The number of halogens is 1. The van der Waals surface area contributed by atoms with E-state index in [1.807, 2.05) is 20.8 Å². The van der Waals surface area contributed by atoms with Crippen molar-refractivity contribution in [1.82, 2.24) is 10.9 Å². The second-order valence-electron chi connectivity index (χ2n) is 6.23. The number of carbonyl (C=O) groups is 2. The van der Waals surface area contributed by atoms with E-state index in [1.165, 1.54) is 7.11 Å². The second-order valence-corrected chi connectivity index (χ2v) is 7.09. The second kappa shape index (κ2) is 12.0. The molecule has 0 aliphatic heterocycles. The first-order valence-corrected chi connectivity index (χ1v) is 10.7. The van der Waals surface area contributed by atoms with Crippen molar-refractivity contribution in [2.24, 2.45) is 0 Å². The van der Waals surface area contributed by atoms with E-state index in [0.29, 0.717) is 58.4 Å². The third kappa shape index (κ3) is 6.78. The average Bonchev–Trinajstić information content (AvgIpc) is 2.76. The molecule has 2 aromatic carbocycles. The molecule has 2 aromatic rings. The van der Waals surface area contributed by atoms with Crippen LogP contribution in [0.3, 0.4) is 0 Å². The Morgan fingerprint density at radius 1 is 0.839 bits per heavy atom. The Morgan fingerprint density at radius 2 is 1.45 bits per heavy atom. The maximum Gasteiger partial charge on any atom is 0.269 e. The molecule has 0 saturated carbocycles. The first-order chi connectivity index (χ1) is 14.9. The molecule has 0 spiro atoms. The fourth-order valence-corrected chi connectivity index (χ4v) is 3.21. The van der Waals surface area contributed by atoms with Gasteiger partial charge in [-0.05, 0) is 56.7 Å². The van der Waals surface area contributed by atoms with Gasteiger partial charge in [0.15, 0.2) is 23.0 Å². The van der Waals surface area contributed by atoms with Crippen LogP contribution >= 0.6 is 15.9 Å². The molecule has 31 heavy (non-hydrogen) atoms. The number of hydrogen-bond acceptors (Lipinski definition) is 6. The molecule has 0 fully saturated rings. The molecule has 0 atom stereocenters. The summed E-state index contributed by atoms with van der Waals surface area (Å²) in [5.74, 6) is 1.26. The van der Waals surface area contributed by atoms with Gasteiger partial charge in [-0.25, -0.2) is 0 Å². The van der Waals surface area contributed by atoms with Gasteiger partial charge in [-0.2, -0.15) is 0 Å². The van der Waals surface area contributed by atoms with E-state index in [-0.39, 0.29) is 6.42 Å². The summed E-state index contributed by atoms with van der Waals surface area (Å²) >= 11 is 3.45. The van der Waals surface area contributed by atoms with Crippen molar-refractivity contribution in [3.8, 4) is 23.0 Å². The van der Waals surface area contributed by atoms with Crippen LogP contribution in [0.5, 0.6) is 23.0 Å². The van der Waals surface area contributed by atoms with Crippen LogP contribution in [0.2, 0.25) is 0 Å². The Hall–Kier alpha value is -2.94. The van der Waals surface area contributed by atoms with Gasteiger partial charge < -0.3 is 18.9 Å². The lowest BCUT2D eigenvalue weighted by molar-refractivity contribution is -0.121. The molecule has 0 unspecified atom stereocenters. The van der Waals surface area contributed by atoms with Crippen LogP contribution in [0.25, 0.3) is 0 Å². The molecule has 0 aliphatic carbocycles. The number of carbonyl (C=O) groups excluding carboxylic acids is 2. The molecular formula is C22H27BrN2O6. The van der Waals surface area contributed by atoms with Gasteiger partial charge in [-0.3, -0.25) is 20.4 Å². The minimum absolute atomic E-state index is 0.0277. The number of amides is 2. The first kappa shape index (κ1) is 24.3. The molecule has 9 heteroatoms. The van der Waals surface area contributed by atoms with E-state index >= 15 is 0 Å². The maximum atomic E-state index is 12.4. The number of benzene rings is 2. The zero-order valence-electron chi connectivity index (χ0n) is 18.0. The maximum absolute atomic E-state index is 12.4. The predicted molar refractivity (Wildman–Crippen MR) is 120 cm³/mol. The van der Waals surface area contributed by atoms with E-state index < -0.39 is 11.8 Å². The molecule has 2 N–H and O–H groups in total. The number of methoxy groups -OCH3 is 1. The van der Waals surface area contributed by atoms with Gasteiger partial charge >= 0.3 is 0 Å². The van der Waals surface area contributed by atoms with Crippen molar-refractivity contribution in [3.05, 3.63) is 45.9 Å². The Morgan fingerprint density at radius 3 is 2.06 bits per heavy atom. The molecule has 0 aromatic heterocycles. The topological polar surface area (TPSA) is 95.1 Å². The van der Waals surface area contributed by atoms with E-state index in [9.17, 15) is 9.59 Å². The summed E-state index contributed by atoms with van der Waals surface area (Å²) in [4.78, 5) is 24.8. The highest BCUT2D eigenvalue weighted by atomic mass is 79.9. The van der Waals surface area contributed by atoms with E-state index in [4.69, 9.17) is 18.9 Å². The van der Waals surface area contributed by atoms with Gasteiger partial charge in [0.25, 0.3) is 5.91 Å². The van der Waals surface area contributed by atoms with Crippen LogP contribution in [0, 0.1) is 0 Å². The molecule has 8 nitrogen and oxygen atoms in total. The zero-order valence-corrected chi connectivity index (χ0v) is 19.6. The van der Waals surface area contributed by atoms with Crippen LogP contribution in [0.15, 0.2) is 34.8 Å². The van der Waals surface area contributed by atoms with Gasteiger partial charge in [0.05, 0.1) is 33.4 Å². The fourth-order valence-electron chi connectivity index (χ4n) is 2.75. The molecule has 0 bridgehead atoms. The Kier molecular flexibility index (Phi) is 9.45. The highest BCUT2D eigenvalue weighted by Crippen LogP contribution is 2.34. The van der Waals surface area contributed by atoms with Crippen molar-refractivity contribution < 1.29 is 28.5 Å². The number of ether oxygens (including phenoxy) is 4. The smallest absolute Gasteiger partial charge is 0.269 e. The average molecular weight is 495 g/mol. The third-order valence-electron chi connectivity index (χ3n) is 4.10. The van der Waals surface area contributed by atoms with Gasteiger partial charge in [-0.1, -0.05) is 15.9 Å². The van der Waals surface area contributed by atoms with Gasteiger partial charge in [0.1, 0.15) is 0 Å². The molecule has 2 rings (SSSR count). The minimum atomic E-state index is -0.476. The molecule has 0 heterocycles. The standard InChI is InChI=1S/C22H27BrN2O6/c1-5-29-17-9-8-14(10-18(17)28-4)22(27)25-24-21(26)12-15-11-19(30-6-2)20(31-7-3)13-16(15)23/h8-11,13H,5-7,12H2,1-4H3,(H,24,26)(H,25,27). The molecule has 0 aliphatic rings. The molecular weight excluding hydrogens is 468 g/mol. The molecule has 168 valence electrons. The van der Waals surface area contributed by atoms with Gasteiger partial charge in [0.2, 0.25) is 5.91 Å². The highest BCUT2D eigenvalue weighted by Gasteiger charge is 2.15. The van der Waals surface area contributed by atoms with Crippen LogP contribution in [0.4, 0.5) is 0 Å². The van der Waals surface area contributed by atoms with Crippen molar-refractivity contribution in [3.63, 3.8) is 0 Å². The largest absolute Gasteiger partial charge is 0.493 e. The molecule has 0 radical (unpaired) electrons. The van der Waals surface area contributed by atoms with Crippen LogP contribution in [-0.4, -0.2) is 38.7 Å². The van der Waals surface area contributed by atoms with Crippen molar-refractivity contribution in [2.75, 3.05) is 26.9 Å². The lowest BCUT2D eigenvalue weighted by Gasteiger charge is -2.14. The number of hydrogen-bond donors (Lipinski definition) is 2. The van der Waals surface area contributed by atoms with Crippen molar-refractivity contribution >= 4 is 27.7 Å². The lowest BCUT2D eigenvalue weighted by Crippen LogP contribution is -2.42. The summed E-state index contributed by atoms with van der Waals surface area (Å²) in [6.07, 6.45) is 0.0277. The fraction of sp³-hybridized carbons (Fsp3) is 0.364. The Bertz CT molecular complexity index is 919. The number of hydrazine groups is 1. The number of rotatable bonds is 10. The van der Waals surface area contributed by atoms with Crippen LogP contribution in [-0.2, 0) is 11.2 Å². The van der Waals surface area contributed by atoms with Crippen molar-refractivity contribution in [2.45, 2.75) is 27.2 Å². The third-order valence-corrected chi connectivity index (χ3v) is 4.84. The van der Waals surface area contributed by atoms with Gasteiger partial charge in [0, 0.05) is 10.0 Å². The van der Waals surface area contributed by atoms with Crippen LogP contribution < -0.4 is 29.8 Å². The lowest BCUT2D eigenvalue weighted by atomic mass is 10.1. The Balaban J connectivity index is 2.03. The summed E-state index contributed by atoms with van der Waals surface area (Å²) in [7, 11) is 1.49. The quantitative estimate of drug-likeness (QED) is 0.489. The SMILES string of the molecule is CCOc1ccc(C(=O)NNC(=O)Cc2cc(OCC)c(OCC)cc2Br)cc1OC. The molecule has 2 amide bonds. The van der Waals surface area contributed by atoms with Crippen LogP contribution in [0.1, 0.15) is 36.7 Å². The first-order valence-electron chi connectivity index (χ1n) is 9.91. The van der Waals surface area contributed by atoms with E-state index in [1.54, 1.807) is 30.3 Å². The number of nitrogens with one attached hydrogen (secondary N) is 2. The summed E-state index contributed by atoms with van der Waals surface area (Å²) in [6.45, 7) is 7.05. The summed E-state index contributed by atoms with van der Waals surface area (Å²) in [5.41, 5.74) is 5.84. The normalized spacial score (nSPS) is 10.2. The predicted octanol–water partition coefficient (Wildman–Crippen LogP) is 3.66. The molecule has 0 saturated heterocycles. The summed E-state index contributed by atoms with van der Waals surface area (Å²) in [6, 6.07) is 8.29. The summed E-state index contributed by atoms with van der Waals surface area (Å²) in [5, 5.41) is 0. The highest BCUT2D eigenvalue weighted by molar-refractivity contribution is 9.10. The Labute approximate surface area is 190 Å². The monoisotopic (exact) mass is 494 g/mol. The minimum Gasteiger partial charge on any atom is -0.493 e. The summed E-state index contributed by atoms with van der Waals surface area (Å²) < 4.78 is 22.6. The van der Waals surface area contributed by atoms with E-state index in [0.717, 1.165) is 0 Å². The van der Waals surface area contributed by atoms with E-state index in [2.05, 4.69) is 26.8 Å². The zero-order chi connectivity index (χ0) is 22.8. The van der Waals surface area contributed by atoms with Crippen molar-refractivity contribution in [1.29, 1.82) is 0 Å².